The minimum Gasteiger partial charge on any atom is -0.388 e. The average Bonchev–Trinajstić information content (AvgIpc) is 3.07. The average molecular weight is 467 g/mol. The smallest absolute Gasteiger partial charge is 0.262 e. The van der Waals surface area contributed by atoms with Crippen LogP contribution in [0.5, 0.6) is 0 Å². The summed E-state index contributed by atoms with van der Waals surface area (Å²) >= 11 is 0. The van der Waals surface area contributed by atoms with Crippen LogP contribution in [0.1, 0.15) is 25.1 Å². The maximum atomic E-state index is 12.6. The molecule has 2 heterocycles. The highest BCUT2D eigenvalue weighted by Crippen LogP contribution is 2.32. The maximum Gasteiger partial charge on any atom is 0.262 e. The molecule has 0 bridgehead atoms. The number of halogens is 1. The topological polar surface area (TPSA) is 130 Å². The first kappa shape index (κ1) is 24.8. The fraction of sp³-hybridized carbons (Fsp3) is 0.286. The van der Waals surface area contributed by atoms with Crippen LogP contribution in [0.15, 0.2) is 47.5 Å². The number of benzene rings is 1. The minimum atomic E-state index is -3.93. The zero-order valence-electron chi connectivity index (χ0n) is 17.8. The van der Waals surface area contributed by atoms with E-state index in [1.807, 2.05) is 32.0 Å². The molecule has 168 valence electrons. The van der Waals surface area contributed by atoms with E-state index in [1.165, 1.54) is 19.9 Å². The van der Waals surface area contributed by atoms with Gasteiger partial charge in [-0.1, -0.05) is 11.0 Å². The highest BCUT2D eigenvalue weighted by Gasteiger charge is 2.20. The van der Waals surface area contributed by atoms with Gasteiger partial charge in [0.15, 0.2) is 0 Å². The van der Waals surface area contributed by atoms with Gasteiger partial charge in [0.2, 0.25) is 0 Å². The Morgan fingerprint density at radius 3 is 2.48 bits per heavy atom. The number of pyridine rings is 1. The van der Waals surface area contributed by atoms with Crippen LogP contribution in [0, 0.1) is 13.8 Å². The van der Waals surface area contributed by atoms with Gasteiger partial charge in [-0.05, 0) is 69.2 Å². The number of nitrogens with zero attached hydrogens (tertiary/aromatic N) is 1. The molecule has 0 atom stereocenters. The number of nitrogen functional groups attached to an aromatic ring is 1. The fourth-order valence-corrected chi connectivity index (χ4v) is 3.74. The van der Waals surface area contributed by atoms with E-state index in [9.17, 15) is 13.5 Å². The van der Waals surface area contributed by atoms with Gasteiger partial charge >= 0.3 is 0 Å². The lowest BCUT2D eigenvalue weighted by molar-refractivity contribution is -0.0380. The lowest BCUT2D eigenvalue weighted by Crippen LogP contribution is -2.33. The van der Waals surface area contributed by atoms with Crippen molar-refractivity contribution in [3.8, 4) is 22.4 Å². The normalized spacial score (nSPS) is 11.9. The van der Waals surface area contributed by atoms with Crippen molar-refractivity contribution < 1.29 is 18.4 Å². The van der Waals surface area contributed by atoms with Gasteiger partial charge in [-0.15, -0.1) is 12.4 Å². The number of aromatic amines is 1. The number of sulfonamides is 1. The number of hydrogen-bond donors (Lipinski definition) is 4. The van der Waals surface area contributed by atoms with Gasteiger partial charge in [0.1, 0.15) is 5.82 Å². The molecule has 1 aromatic carbocycles. The second-order valence-corrected chi connectivity index (χ2v) is 9.52. The van der Waals surface area contributed by atoms with Crippen LogP contribution in [0.25, 0.3) is 22.4 Å². The van der Waals surface area contributed by atoms with E-state index in [2.05, 4.69) is 14.9 Å². The molecule has 3 rings (SSSR count). The predicted octanol–water partition coefficient (Wildman–Crippen LogP) is 3.35. The minimum absolute atomic E-state index is 0. The molecule has 0 aliphatic carbocycles. The van der Waals surface area contributed by atoms with Crippen LogP contribution in [-0.2, 0) is 14.9 Å². The van der Waals surface area contributed by atoms with Gasteiger partial charge in [0.05, 0.1) is 17.1 Å². The first-order valence-electron chi connectivity index (χ1n) is 9.35. The van der Waals surface area contributed by atoms with Gasteiger partial charge in [-0.3, -0.25) is 4.84 Å². The molecule has 0 saturated carbocycles. The van der Waals surface area contributed by atoms with Crippen LogP contribution in [0.4, 0.5) is 5.82 Å². The third-order valence-corrected chi connectivity index (χ3v) is 5.68. The summed E-state index contributed by atoms with van der Waals surface area (Å²) in [7, 11) is -3.93. The van der Waals surface area contributed by atoms with Crippen molar-refractivity contribution in [1.29, 1.82) is 0 Å². The maximum absolute atomic E-state index is 12.6. The van der Waals surface area contributed by atoms with Crippen molar-refractivity contribution in [2.75, 3.05) is 12.3 Å². The molecule has 0 unspecified atom stereocenters. The molecular weight excluding hydrogens is 440 g/mol. The number of hydrogen-bond acceptors (Lipinski definition) is 6. The Bertz CT molecular complexity index is 1170. The van der Waals surface area contributed by atoms with E-state index in [0.29, 0.717) is 11.4 Å². The zero-order chi connectivity index (χ0) is 22.1. The third kappa shape index (κ3) is 6.05. The second kappa shape index (κ2) is 9.37. The van der Waals surface area contributed by atoms with Gasteiger partial charge in [0.25, 0.3) is 10.0 Å². The molecule has 0 amide bonds. The second-order valence-electron chi connectivity index (χ2n) is 7.88. The van der Waals surface area contributed by atoms with Crippen LogP contribution in [0.3, 0.4) is 0 Å². The molecule has 2 aromatic heterocycles. The summed E-state index contributed by atoms with van der Waals surface area (Å²) in [6.07, 6.45) is 1.62. The SMILES string of the molecule is Cc1ccc(-c2cc(-c3cc(S(=O)(=O)NOCC(C)(C)O)ccc3C)cnc2N)[nH]1.Cl. The summed E-state index contributed by atoms with van der Waals surface area (Å²) in [5.74, 6) is 0.378. The van der Waals surface area contributed by atoms with Crippen LogP contribution >= 0.6 is 12.4 Å². The number of aliphatic hydroxyl groups is 1. The van der Waals surface area contributed by atoms with E-state index in [4.69, 9.17) is 10.6 Å². The Hall–Kier alpha value is -2.43. The van der Waals surface area contributed by atoms with Crippen molar-refractivity contribution in [2.24, 2.45) is 0 Å². The highest BCUT2D eigenvalue weighted by atomic mass is 35.5. The Kier molecular flexibility index (Phi) is 7.51. The molecule has 31 heavy (non-hydrogen) atoms. The fourth-order valence-electron chi connectivity index (χ4n) is 2.91. The molecule has 5 N–H and O–H groups in total. The number of nitrogens with one attached hydrogen (secondary N) is 2. The first-order chi connectivity index (χ1) is 14.0. The summed E-state index contributed by atoms with van der Waals surface area (Å²) in [5, 5.41) is 9.68. The van der Waals surface area contributed by atoms with Gasteiger partial charge < -0.3 is 15.8 Å². The zero-order valence-corrected chi connectivity index (χ0v) is 19.4. The number of H-pyrrole nitrogens is 1. The Balaban J connectivity index is 0.00000341. The lowest BCUT2D eigenvalue weighted by atomic mass is 10.00. The van der Waals surface area contributed by atoms with E-state index < -0.39 is 15.6 Å². The molecule has 0 fully saturated rings. The van der Waals surface area contributed by atoms with Gasteiger partial charge in [0, 0.05) is 28.7 Å². The van der Waals surface area contributed by atoms with Crippen LogP contribution in [0.2, 0.25) is 0 Å². The summed E-state index contributed by atoms with van der Waals surface area (Å²) in [6.45, 7) is 6.68. The van der Waals surface area contributed by atoms with E-state index in [-0.39, 0.29) is 23.9 Å². The molecule has 3 aromatic rings. The predicted molar refractivity (Wildman–Crippen MR) is 123 cm³/mol. The van der Waals surface area contributed by atoms with Crippen LogP contribution in [-0.4, -0.2) is 35.7 Å². The summed E-state index contributed by atoms with van der Waals surface area (Å²) in [4.78, 5) is 14.6. The summed E-state index contributed by atoms with van der Waals surface area (Å²) < 4.78 is 25.2. The first-order valence-corrected chi connectivity index (χ1v) is 10.8. The summed E-state index contributed by atoms with van der Waals surface area (Å²) in [5.41, 5.74) is 9.79. The Morgan fingerprint density at radius 2 is 1.87 bits per heavy atom. The van der Waals surface area contributed by atoms with Crippen molar-refractivity contribution in [2.45, 2.75) is 38.2 Å². The monoisotopic (exact) mass is 466 g/mol. The van der Waals surface area contributed by atoms with E-state index in [0.717, 1.165) is 28.1 Å². The third-order valence-electron chi connectivity index (χ3n) is 4.46. The quantitative estimate of drug-likeness (QED) is 0.395. The number of rotatable bonds is 7. The molecule has 0 spiro atoms. The van der Waals surface area contributed by atoms with E-state index in [1.54, 1.807) is 18.3 Å². The summed E-state index contributed by atoms with van der Waals surface area (Å²) in [6, 6.07) is 10.5. The number of aryl methyl sites for hydroxylation is 2. The van der Waals surface area contributed by atoms with Gasteiger partial charge in [-0.2, -0.15) is 0 Å². The molecule has 10 heteroatoms. The van der Waals surface area contributed by atoms with Gasteiger partial charge in [-0.25, -0.2) is 13.4 Å². The molecule has 0 aliphatic rings. The van der Waals surface area contributed by atoms with Crippen molar-refractivity contribution in [1.82, 2.24) is 14.9 Å². The number of nitrogens with two attached hydrogens (primary N) is 1. The Morgan fingerprint density at radius 1 is 1.16 bits per heavy atom. The van der Waals surface area contributed by atoms with Crippen molar-refractivity contribution >= 4 is 28.2 Å². The number of aromatic nitrogens is 2. The molecule has 0 aliphatic heterocycles. The van der Waals surface area contributed by atoms with Crippen LogP contribution < -0.4 is 10.6 Å². The van der Waals surface area contributed by atoms with Crippen molar-refractivity contribution in [3.63, 3.8) is 0 Å². The standard InChI is InChI=1S/C21H26N4O4S.ClH/c1-13-5-7-16(30(27,28)25-29-12-21(3,4)26)10-17(13)15-9-18(20(22)23-11-15)19-8-6-14(2)24-19;/h5-11,24-26H,12H2,1-4H3,(H2,22,23);1H. The molecule has 0 saturated heterocycles. The molecular formula is C21H27ClN4O4S. The van der Waals surface area contributed by atoms with E-state index >= 15 is 0 Å². The number of anilines is 1. The Labute approximate surface area is 188 Å². The van der Waals surface area contributed by atoms with Crippen molar-refractivity contribution in [3.05, 3.63) is 53.9 Å². The molecule has 8 nitrogen and oxygen atoms in total. The lowest BCUT2D eigenvalue weighted by Gasteiger charge is -2.17. The molecule has 0 radical (unpaired) electrons. The highest BCUT2D eigenvalue weighted by molar-refractivity contribution is 7.89. The largest absolute Gasteiger partial charge is 0.388 e.